The van der Waals surface area contributed by atoms with Crippen molar-refractivity contribution in [3.8, 4) is 0 Å². The van der Waals surface area contributed by atoms with Gasteiger partial charge in [-0.05, 0) is 62.9 Å². The minimum absolute atomic E-state index is 0.575. The van der Waals surface area contributed by atoms with Crippen molar-refractivity contribution < 1.29 is 0 Å². The quantitative estimate of drug-likeness (QED) is 0.859. The first-order valence-electron chi connectivity index (χ1n) is 8.54. The summed E-state index contributed by atoms with van der Waals surface area (Å²) in [4.78, 5) is 2.80. The Morgan fingerprint density at radius 1 is 1.19 bits per heavy atom. The van der Waals surface area contributed by atoms with Crippen molar-refractivity contribution in [2.45, 2.75) is 63.6 Å². The lowest BCUT2D eigenvalue weighted by Crippen LogP contribution is -2.51. The minimum Gasteiger partial charge on any atom is -0.312 e. The van der Waals surface area contributed by atoms with Gasteiger partial charge in [-0.15, -0.1) is 0 Å². The van der Waals surface area contributed by atoms with Gasteiger partial charge in [0.05, 0.1) is 0 Å². The molecule has 0 aliphatic carbocycles. The zero-order valence-electron chi connectivity index (χ0n) is 13.0. The average molecular weight is 351 g/mol. The maximum atomic E-state index is 3.75. The number of hydrogen-bond acceptors (Lipinski definition) is 2. The molecule has 2 nitrogen and oxygen atoms in total. The molecule has 3 unspecified atom stereocenters. The third-order valence-electron chi connectivity index (χ3n) is 5.20. The zero-order valence-corrected chi connectivity index (χ0v) is 14.6. The first-order chi connectivity index (χ1) is 10.3. The molecule has 0 bridgehead atoms. The lowest BCUT2D eigenvalue weighted by molar-refractivity contribution is 0.0702. The van der Waals surface area contributed by atoms with Crippen LogP contribution in [0.15, 0.2) is 28.7 Å². The molecule has 0 spiro atoms. The number of piperidine rings is 1. The molecule has 116 valence electrons. The van der Waals surface area contributed by atoms with Gasteiger partial charge in [0.1, 0.15) is 0 Å². The molecule has 21 heavy (non-hydrogen) atoms. The lowest BCUT2D eigenvalue weighted by Gasteiger charge is -2.44. The highest BCUT2D eigenvalue weighted by molar-refractivity contribution is 9.10. The predicted octanol–water partition coefficient (Wildman–Crippen LogP) is 4.51. The predicted molar refractivity (Wildman–Crippen MR) is 92.5 cm³/mol. The molecule has 0 amide bonds. The van der Waals surface area contributed by atoms with Gasteiger partial charge in [0.25, 0.3) is 0 Å². The Morgan fingerprint density at radius 3 is 2.67 bits per heavy atom. The van der Waals surface area contributed by atoms with E-state index in [2.05, 4.69) is 57.3 Å². The van der Waals surface area contributed by atoms with E-state index in [-0.39, 0.29) is 0 Å². The number of halogens is 1. The van der Waals surface area contributed by atoms with Crippen LogP contribution in [0.5, 0.6) is 0 Å². The third-order valence-corrected chi connectivity index (χ3v) is 5.73. The summed E-state index contributed by atoms with van der Waals surface area (Å²) in [5.74, 6) is 0. The maximum Gasteiger partial charge on any atom is 0.0349 e. The van der Waals surface area contributed by atoms with Gasteiger partial charge in [0.2, 0.25) is 0 Å². The van der Waals surface area contributed by atoms with Crippen LogP contribution < -0.4 is 5.32 Å². The van der Waals surface area contributed by atoms with Crippen molar-refractivity contribution in [2.75, 3.05) is 13.1 Å². The monoisotopic (exact) mass is 350 g/mol. The molecule has 2 fully saturated rings. The second-order valence-electron chi connectivity index (χ2n) is 6.48. The summed E-state index contributed by atoms with van der Waals surface area (Å²) in [6, 6.07) is 11.0. The molecule has 1 N–H and O–H groups in total. The minimum atomic E-state index is 0.575. The molecule has 2 saturated heterocycles. The van der Waals surface area contributed by atoms with Gasteiger partial charge >= 0.3 is 0 Å². The van der Waals surface area contributed by atoms with E-state index in [1.165, 1.54) is 61.7 Å². The molecule has 3 rings (SSSR count). The largest absolute Gasteiger partial charge is 0.312 e. The van der Waals surface area contributed by atoms with Crippen molar-refractivity contribution in [3.05, 3.63) is 34.3 Å². The molecule has 3 atom stereocenters. The first kappa shape index (κ1) is 15.5. The molecule has 2 aliphatic rings. The number of likely N-dealkylation sites (tertiary alicyclic amines) is 1. The van der Waals surface area contributed by atoms with Crippen LogP contribution in [0.2, 0.25) is 0 Å². The summed E-state index contributed by atoms with van der Waals surface area (Å²) in [6.07, 6.45) is 8.03. The van der Waals surface area contributed by atoms with Crippen LogP contribution in [-0.4, -0.2) is 30.1 Å². The van der Waals surface area contributed by atoms with Crippen molar-refractivity contribution in [3.63, 3.8) is 0 Å². The van der Waals surface area contributed by atoms with E-state index in [9.17, 15) is 0 Å². The maximum absolute atomic E-state index is 3.75. The molecular formula is C18H27BrN2. The van der Waals surface area contributed by atoms with E-state index in [0.29, 0.717) is 6.04 Å². The van der Waals surface area contributed by atoms with Crippen LogP contribution in [0.1, 0.15) is 57.1 Å². The summed E-state index contributed by atoms with van der Waals surface area (Å²) < 4.78 is 1.17. The number of rotatable bonds is 4. The Labute approximate surface area is 137 Å². The van der Waals surface area contributed by atoms with E-state index < -0.39 is 0 Å². The Bertz CT molecular complexity index is 439. The van der Waals surface area contributed by atoms with Crippen LogP contribution in [0.25, 0.3) is 0 Å². The Kier molecular flexibility index (Phi) is 5.36. The number of hydrogen-bond donors (Lipinski definition) is 1. The van der Waals surface area contributed by atoms with Crippen molar-refractivity contribution in [1.29, 1.82) is 0 Å². The molecule has 0 saturated carbocycles. The summed E-state index contributed by atoms with van der Waals surface area (Å²) in [5.41, 5.74) is 1.48. The van der Waals surface area contributed by atoms with Crippen LogP contribution in [0.4, 0.5) is 0 Å². The van der Waals surface area contributed by atoms with Crippen LogP contribution in [-0.2, 0) is 0 Å². The highest BCUT2D eigenvalue weighted by atomic mass is 79.9. The average Bonchev–Trinajstić information content (AvgIpc) is 3.05. The first-order valence-corrected chi connectivity index (χ1v) is 9.33. The number of nitrogens with zero attached hydrogens (tertiary/aromatic N) is 1. The molecule has 0 radical (unpaired) electrons. The van der Waals surface area contributed by atoms with Gasteiger partial charge in [-0.2, -0.15) is 0 Å². The van der Waals surface area contributed by atoms with Crippen LogP contribution in [0, 0.1) is 0 Å². The van der Waals surface area contributed by atoms with Gasteiger partial charge < -0.3 is 5.32 Å². The Morgan fingerprint density at radius 2 is 2.00 bits per heavy atom. The highest BCUT2D eigenvalue weighted by Gasteiger charge is 2.35. The normalized spacial score (nSPS) is 28.7. The molecule has 0 aromatic heterocycles. The van der Waals surface area contributed by atoms with Crippen LogP contribution >= 0.6 is 15.9 Å². The summed E-state index contributed by atoms with van der Waals surface area (Å²) in [6.45, 7) is 4.81. The number of benzene rings is 1. The summed E-state index contributed by atoms with van der Waals surface area (Å²) >= 11 is 3.55. The molecule has 3 heteroatoms. The second-order valence-corrected chi connectivity index (χ2v) is 7.40. The van der Waals surface area contributed by atoms with Gasteiger partial charge in [-0.25, -0.2) is 0 Å². The SMILES string of the molecule is CCC(c1ccc(Br)cc1)N1CCCCC1C1CCCN1. The van der Waals surface area contributed by atoms with Gasteiger partial charge in [0, 0.05) is 22.6 Å². The molecular weight excluding hydrogens is 324 g/mol. The zero-order chi connectivity index (χ0) is 14.7. The third kappa shape index (κ3) is 3.52. The highest BCUT2D eigenvalue weighted by Crippen LogP contribution is 2.34. The molecule has 2 aliphatic heterocycles. The fourth-order valence-electron chi connectivity index (χ4n) is 4.19. The molecule has 1 aromatic carbocycles. The molecule has 1 aromatic rings. The van der Waals surface area contributed by atoms with Crippen molar-refractivity contribution in [1.82, 2.24) is 10.2 Å². The smallest absolute Gasteiger partial charge is 0.0349 e. The standard InChI is InChI=1S/C18H27BrN2/c1-2-17(14-8-10-15(19)11-9-14)21-13-4-3-7-18(21)16-6-5-12-20-16/h8-11,16-18,20H,2-7,12-13H2,1H3. The van der Waals surface area contributed by atoms with Crippen LogP contribution in [0.3, 0.4) is 0 Å². The van der Waals surface area contributed by atoms with E-state index >= 15 is 0 Å². The van der Waals surface area contributed by atoms with Crippen molar-refractivity contribution >= 4 is 15.9 Å². The topological polar surface area (TPSA) is 15.3 Å². The Hall–Kier alpha value is -0.380. The Balaban J connectivity index is 1.80. The van der Waals surface area contributed by atoms with E-state index in [1.807, 2.05) is 0 Å². The van der Waals surface area contributed by atoms with Gasteiger partial charge in [-0.3, -0.25) is 4.90 Å². The van der Waals surface area contributed by atoms with Crippen molar-refractivity contribution in [2.24, 2.45) is 0 Å². The summed E-state index contributed by atoms with van der Waals surface area (Å²) in [7, 11) is 0. The fourth-order valence-corrected chi connectivity index (χ4v) is 4.45. The second kappa shape index (κ2) is 7.26. The van der Waals surface area contributed by atoms with Gasteiger partial charge in [0.15, 0.2) is 0 Å². The lowest BCUT2D eigenvalue weighted by atomic mass is 9.90. The van der Waals surface area contributed by atoms with E-state index in [0.717, 1.165) is 12.1 Å². The molecule has 2 heterocycles. The van der Waals surface area contributed by atoms with E-state index in [1.54, 1.807) is 0 Å². The fraction of sp³-hybridized carbons (Fsp3) is 0.667. The van der Waals surface area contributed by atoms with Gasteiger partial charge in [-0.1, -0.05) is 41.4 Å². The number of nitrogens with one attached hydrogen (secondary N) is 1. The van der Waals surface area contributed by atoms with E-state index in [4.69, 9.17) is 0 Å². The summed E-state index contributed by atoms with van der Waals surface area (Å²) in [5, 5.41) is 3.75.